The summed E-state index contributed by atoms with van der Waals surface area (Å²) in [6, 6.07) is 14.3. The van der Waals surface area contributed by atoms with Crippen LogP contribution in [0.3, 0.4) is 0 Å². The fraction of sp³-hybridized carbons (Fsp3) is 0.158. The highest BCUT2D eigenvalue weighted by Crippen LogP contribution is 2.35. The second-order valence-corrected chi connectivity index (χ2v) is 5.60. The zero-order valence-electron chi connectivity index (χ0n) is 14.4. The van der Waals surface area contributed by atoms with Gasteiger partial charge in [0.2, 0.25) is 5.95 Å². The molecule has 3 rings (SSSR count). The van der Waals surface area contributed by atoms with Crippen molar-refractivity contribution in [2.24, 2.45) is 0 Å². The van der Waals surface area contributed by atoms with Crippen molar-refractivity contribution in [1.29, 1.82) is 0 Å². The van der Waals surface area contributed by atoms with Crippen LogP contribution in [0.4, 0.5) is 30.6 Å². The first-order chi connectivity index (χ1) is 13.0. The van der Waals surface area contributed by atoms with Crippen LogP contribution in [0.2, 0.25) is 0 Å². The van der Waals surface area contributed by atoms with Crippen LogP contribution in [0.25, 0.3) is 0 Å². The van der Waals surface area contributed by atoms with Gasteiger partial charge in [0.25, 0.3) is 0 Å². The molecule has 0 atom stereocenters. The molecule has 140 valence electrons. The van der Waals surface area contributed by atoms with Gasteiger partial charge in [0.1, 0.15) is 11.6 Å². The molecular weight excluding hydrogens is 357 g/mol. The number of alkyl halides is 3. The van der Waals surface area contributed by atoms with Crippen LogP contribution < -0.4 is 15.4 Å². The Morgan fingerprint density at radius 3 is 2.52 bits per heavy atom. The summed E-state index contributed by atoms with van der Waals surface area (Å²) in [6.45, 7) is 0.444. The minimum atomic E-state index is -4.47. The molecule has 0 spiro atoms. The molecule has 0 fully saturated rings. The molecule has 27 heavy (non-hydrogen) atoms. The fourth-order valence-corrected chi connectivity index (χ4v) is 2.51. The summed E-state index contributed by atoms with van der Waals surface area (Å²) in [6.07, 6.45) is -3.00. The van der Waals surface area contributed by atoms with Gasteiger partial charge >= 0.3 is 6.18 Å². The van der Waals surface area contributed by atoms with Gasteiger partial charge in [-0.2, -0.15) is 18.2 Å². The summed E-state index contributed by atoms with van der Waals surface area (Å²) in [7, 11) is 1.59. The van der Waals surface area contributed by atoms with Crippen LogP contribution in [0, 0.1) is 0 Å². The SMILES string of the molecule is COc1ccccc1CNc1ccnc(Nc2ccccc2C(F)(F)F)n1. The number of rotatable bonds is 6. The molecule has 0 unspecified atom stereocenters. The zero-order chi connectivity index (χ0) is 19.3. The van der Waals surface area contributed by atoms with E-state index in [0.717, 1.165) is 17.4 Å². The van der Waals surface area contributed by atoms with Gasteiger partial charge in [-0.3, -0.25) is 0 Å². The second-order valence-electron chi connectivity index (χ2n) is 5.60. The minimum Gasteiger partial charge on any atom is -0.496 e. The monoisotopic (exact) mass is 374 g/mol. The van der Waals surface area contributed by atoms with E-state index in [1.54, 1.807) is 13.2 Å². The number of para-hydroxylation sites is 2. The maximum Gasteiger partial charge on any atom is 0.418 e. The summed E-state index contributed by atoms with van der Waals surface area (Å²) < 4.78 is 44.6. The molecule has 8 heteroatoms. The number of nitrogens with zero attached hydrogens (tertiary/aromatic N) is 2. The van der Waals surface area contributed by atoms with Crippen molar-refractivity contribution in [3.05, 3.63) is 71.9 Å². The van der Waals surface area contributed by atoms with Crippen molar-refractivity contribution in [2.45, 2.75) is 12.7 Å². The molecule has 0 aliphatic carbocycles. The molecule has 5 nitrogen and oxygen atoms in total. The quantitative estimate of drug-likeness (QED) is 0.645. The summed E-state index contributed by atoms with van der Waals surface area (Å²) in [5, 5.41) is 5.75. The third kappa shape index (κ3) is 4.66. The van der Waals surface area contributed by atoms with Crippen LogP contribution in [-0.2, 0) is 12.7 Å². The molecule has 0 aliphatic heterocycles. The van der Waals surface area contributed by atoms with E-state index in [-0.39, 0.29) is 11.6 Å². The Kier molecular flexibility index (Phi) is 5.44. The van der Waals surface area contributed by atoms with Gasteiger partial charge in [0, 0.05) is 18.3 Å². The van der Waals surface area contributed by atoms with Crippen LogP contribution >= 0.6 is 0 Å². The van der Waals surface area contributed by atoms with Crippen LogP contribution in [-0.4, -0.2) is 17.1 Å². The number of ether oxygens (including phenoxy) is 1. The number of benzene rings is 2. The Hall–Kier alpha value is -3.29. The maximum atomic E-state index is 13.1. The highest BCUT2D eigenvalue weighted by molar-refractivity contribution is 5.60. The zero-order valence-corrected chi connectivity index (χ0v) is 14.4. The van der Waals surface area contributed by atoms with E-state index in [4.69, 9.17) is 4.74 Å². The van der Waals surface area contributed by atoms with E-state index in [1.807, 2.05) is 24.3 Å². The van der Waals surface area contributed by atoms with E-state index in [9.17, 15) is 13.2 Å². The van der Waals surface area contributed by atoms with Gasteiger partial charge in [-0.25, -0.2) is 4.98 Å². The number of methoxy groups -OCH3 is 1. The van der Waals surface area contributed by atoms with Crippen molar-refractivity contribution in [1.82, 2.24) is 9.97 Å². The summed E-state index contributed by atoms with van der Waals surface area (Å²) >= 11 is 0. The van der Waals surface area contributed by atoms with E-state index < -0.39 is 11.7 Å². The molecule has 0 saturated heterocycles. The van der Waals surface area contributed by atoms with Crippen molar-refractivity contribution in [3.8, 4) is 5.75 Å². The molecule has 2 aromatic carbocycles. The topological polar surface area (TPSA) is 59.1 Å². The molecule has 0 radical (unpaired) electrons. The van der Waals surface area contributed by atoms with Crippen LogP contribution in [0.1, 0.15) is 11.1 Å². The van der Waals surface area contributed by atoms with E-state index in [0.29, 0.717) is 12.4 Å². The number of hydrogen-bond donors (Lipinski definition) is 2. The van der Waals surface area contributed by atoms with Gasteiger partial charge in [-0.15, -0.1) is 0 Å². The van der Waals surface area contributed by atoms with Crippen LogP contribution in [0.5, 0.6) is 5.75 Å². The molecule has 3 aromatic rings. The van der Waals surface area contributed by atoms with Gasteiger partial charge in [0.15, 0.2) is 0 Å². The lowest BCUT2D eigenvalue weighted by molar-refractivity contribution is -0.136. The van der Waals surface area contributed by atoms with E-state index in [1.165, 1.54) is 24.4 Å². The van der Waals surface area contributed by atoms with Crippen molar-refractivity contribution < 1.29 is 17.9 Å². The molecule has 0 aliphatic rings. The lowest BCUT2D eigenvalue weighted by atomic mass is 10.1. The maximum absolute atomic E-state index is 13.1. The first kappa shape index (κ1) is 18.5. The molecule has 0 amide bonds. The first-order valence-corrected chi connectivity index (χ1v) is 8.09. The smallest absolute Gasteiger partial charge is 0.418 e. The summed E-state index contributed by atoms with van der Waals surface area (Å²) in [5.41, 5.74) is 0.0448. The van der Waals surface area contributed by atoms with Crippen LogP contribution in [0.15, 0.2) is 60.8 Å². The number of anilines is 3. The van der Waals surface area contributed by atoms with E-state index >= 15 is 0 Å². The fourth-order valence-electron chi connectivity index (χ4n) is 2.51. The Morgan fingerprint density at radius 1 is 1.00 bits per heavy atom. The highest BCUT2D eigenvalue weighted by atomic mass is 19.4. The highest BCUT2D eigenvalue weighted by Gasteiger charge is 2.33. The Labute approximate surface area is 154 Å². The summed E-state index contributed by atoms with van der Waals surface area (Å²) in [4.78, 5) is 8.21. The van der Waals surface area contributed by atoms with Crippen molar-refractivity contribution >= 4 is 17.5 Å². The molecule has 0 bridgehead atoms. The number of nitrogens with one attached hydrogen (secondary N) is 2. The lowest BCUT2D eigenvalue weighted by Gasteiger charge is -2.14. The molecule has 1 aromatic heterocycles. The Morgan fingerprint density at radius 2 is 1.74 bits per heavy atom. The van der Waals surface area contributed by atoms with Crippen molar-refractivity contribution in [2.75, 3.05) is 17.7 Å². The number of aromatic nitrogens is 2. The average Bonchev–Trinajstić information content (AvgIpc) is 2.66. The van der Waals surface area contributed by atoms with Gasteiger partial charge in [-0.05, 0) is 24.3 Å². The third-order valence-corrected chi connectivity index (χ3v) is 3.79. The molecular formula is C19H17F3N4O. The predicted molar refractivity (Wildman–Crippen MR) is 97.1 cm³/mol. The third-order valence-electron chi connectivity index (χ3n) is 3.79. The normalized spacial score (nSPS) is 11.1. The largest absolute Gasteiger partial charge is 0.496 e. The van der Waals surface area contributed by atoms with Gasteiger partial charge < -0.3 is 15.4 Å². The Bertz CT molecular complexity index is 915. The lowest BCUT2D eigenvalue weighted by Crippen LogP contribution is -2.10. The average molecular weight is 374 g/mol. The first-order valence-electron chi connectivity index (χ1n) is 8.09. The van der Waals surface area contributed by atoms with Gasteiger partial charge in [0.05, 0.1) is 18.4 Å². The minimum absolute atomic E-state index is 0.0664. The summed E-state index contributed by atoms with van der Waals surface area (Å²) in [5.74, 6) is 1.27. The Balaban J connectivity index is 1.75. The second kappa shape index (κ2) is 7.94. The predicted octanol–water partition coefficient (Wildman–Crippen LogP) is 4.86. The van der Waals surface area contributed by atoms with Crippen molar-refractivity contribution in [3.63, 3.8) is 0 Å². The molecule has 1 heterocycles. The number of hydrogen-bond acceptors (Lipinski definition) is 5. The standard InChI is InChI=1S/C19H17F3N4O/c1-27-16-9-5-2-6-13(16)12-24-17-10-11-23-18(26-17)25-15-8-4-3-7-14(15)19(20,21)22/h2-11H,12H2,1H3,(H2,23,24,25,26). The molecule has 2 N–H and O–H groups in total. The van der Waals surface area contributed by atoms with Gasteiger partial charge in [-0.1, -0.05) is 30.3 Å². The van der Waals surface area contributed by atoms with E-state index in [2.05, 4.69) is 20.6 Å². The molecule has 0 saturated carbocycles. The number of halogens is 3.